The average molecular weight is 311 g/mol. The quantitative estimate of drug-likeness (QED) is 0.747. The van der Waals surface area contributed by atoms with Gasteiger partial charge in [0.25, 0.3) is 0 Å². The molecule has 0 aliphatic carbocycles. The Bertz CT molecular complexity index is 475. The molecule has 0 bridgehead atoms. The van der Waals surface area contributed by atoms with E-state index in [-0.39, 0.29) is 17.7 Å². The fourth-order valence-corrected chi connectivity index (χ4v) is 2.82. The van der Waals surface area contributed by atoms with Crippen LogP contribution in [0.15, 0.2) is 29.2 Å². The van der Waals surface area contributed by atoms with E-state index >= 15 is 0 Å². The smallest absolute Gasteiger partial charge is 0.323 e. The summed E-state index contributed by atoms with van der Waals surface area (Å²) in [5.74, 6) is -0.379. The van der Waals surface area contributed by atoms with Crippen LogP contribution in [-0.4, -0.2) is 47.3 Å². The molecular weight excluding hydrogens is 290 g/mol. The Morgan fingerprint density at radius 1 is 1.33 bits per heavy atom. The fourth-order valence-electron chi connectivity index (χ4n) is 1.87. The Hall–Kier alpha value is -1.69. The number of benzene rings is 1. The van der Waals surface area contributed by atoms with Crippen LogP contribution in [0.1, 0.15) is 20.3 Å². The summed E-state index contributed by atoms with van der Waals surface area (Å²) in [7, 11) is 1.60. The van der Waals surface area contributed by atoms with Gasteiger partial charge in [-0.2, -0.15) is 0 Å². The second kappa shape index (κ2) is 8.56. The minimum Gasteiger partial charge on any atom is -0.497 e. The Labute approximate surface area is 129 Å². The molecule has 0 aromatic heterocycles. The predicted octanol–water partition coefficient (Wildman–Crippen LogP) is 2.50. The number of nitrogens with zero attached hydrogens (tertiary/aromatic N) is 1. The Kier molecular flexibility index (Phi) is 7.08. The van der Waals surface area contributed by atoms with Crippen molar-refractivity contribution in [3.8, 4) is 5.75 Å². The van der Waals surface area contributed by atoms with E-state index in [1.807, 2.05) is 31.2 Å². The maximum Gasteiger partial charge on any atom is 0.323 e. The molecule has 1 unspecified atom stereocenters. The lowest BCUT2D eigenvalue weighted by Crippen LogP contribution is -2.40. The summed E-state index contributed by atoms with van der Waals surface area (Å²) in [6.45, 7) is 3.92. The molecule has 0 heterocycles. The molecule has 0 aliphatic rings. The highest BCUT2D eigenvalue weighted by molar-refractivity contribution is 8.00. The highest BCUT2D eigenvalue weighted by Crippen LogP contribution is 2.26. The van der Waals surface area contributed by atoms with Crippen LogP contribution in [0.3, 0.4) is 0 Å². The van der Waals surface area contributed by atoms with E-state index < -0.39 is 5.97 Å². The maximum atomic E-state index is 12.3. The van der Waals surface area contributed by atoms with Gasteiger partial charge >= 0.3 is 5.97 Å². The van der Waals surface area contributed by atoms with Gasteiger partial charge in [0.05, 0.1) is 12.4 Å². The largest absolute Gasteiger partial charge is 0.497 e. The molecule has 0 saturated heterocycles. The number of thioether (sulfide) groups is 1. The first-order chi connectivity index (χ1) is 9.97. The molecule has 1 amide bonds. The monoisotopic (exact) mass is 311 g/mol. The van der Waals surface area contributed by atoms with Crippen LogP contribution in [0.5, 0.6) is 5.75 Å². The topological polar surface area (TPSA) is 66.8 Å². The van der Waals surface area contributed by atoms with E-state index in [1.165, 1.54) is 16.7 Å². The third-order valence-electron chi connectivity index (χ3n) is 2.85. The second-order valence-electron chi connectivity index (χ2n) is 4.59. The minimum atomic E-state index is -0.988. The number of hydrogen-bond donors (Lipinski definition) is 1. The molecule has 0 radical (unpaired) electrons. The van der Waals surface area contributed by atoms with E-state index in [0.29, 0.717) is 6.54 Å². The summed E-state index contributed by atoms with van der Waals surface area (Å²) in [6.07, 6.45) is 0.735. The molecule has 5 nitrogen and oxygen atoms in total. The van der Waals surface area contributed by atoms with Crippen molar-refractivity contribution in [3.63, 3.8) is 0 Å². The van der Waals surface area contributed by atoms with Crippen LogP contribution in [0.4, 0.5) is 0 Å². The molecule has 0 spiro atoms. The standard InChI is InChI=1S/C15H21NO4S/c1-4-9-16(10-14(17)18)15(19)11(2)21-13-7-5-12(20-3)6-8-13/h5-8,11H,4,9-10H2,1-3H3,(H,17,18). The zero-order valence-electron chi connectivity index (χ0n) is 12.5. The second-order valence-corrected chi connectivity index (χ2v) is 6.00. The molecule has 6 heteroatoms. The lowest BCUT2D eigenvalue weighted by molar-refractivity contribution is -0.144. The van der Waals surface area contributed by atoms with Crippen LogP contribution in [0, 0.1) is 0 Å². The number of hydrogen-bond acceptors (Lipinski definition) is 4. The maximum absolute atomic E-state index is 12.3. The summed E-state index contributed by atoms with van der Waals surface area (Å²) in [5.41, 5.74) is 0. The van der Waals surface area contributed by atoms with Crippen molar-refractivity contribution in [2.75, 3.05) is 20.2 Å². The van der Waals surface area contributed by atoms with Crippen LogP contribution >= 0.6 is 11.8 Å². The van der Waals surface area contributed by atoms with Gasteiger partial charge in [-0.3, -0.25) is 9.59 Å². The van der Waals surface area contributed by atoms with Gasteiger partial charge in [0.1, 0.15) is 12.3 Å². The predicted molar refractivity (Wildman–Crippen MR) is 82.8 cm³/mol. The van der Waals surface area contributed by atoms with Gasteiger partial charge in [0.2, 0.25) is 5.91 Å². The van der Waals surface area contributed by atoms with Crippen molar-refractivity contribution in [3.05, 3.63) is 24.3 Å². The van der Waals surface area contributed by atoms with Crippen molar-refractivity contribution in [1.29, 1.82) is 0 Å². The first kappa shape index (κ1) is 17.4. The van der Waals surface area contributed by atoms with Crippen molar-refractivity contribution in [2.45, 2.75) is 30.4 Å². The van der Waals surface area contributed by atoms with Crippen LogP contribution in [0.25, 0.3) is 0 Å². The highest BCUT2D eigenvalue weighted by Gasteiger charge is 2.22. The van der Waals surface area contributed by atoms with Gasteiger partial charge in [0.15, 0.2) is 0 Å². The van der Waals surface area contributed by atoms with Crippen molar-refractivity contribution >= 4 is 23.6 Å². The minimum absolute atomic E-state index is 0.153. The molecule has 1 atom stereocenters. The molecule has 116 valence electrons. The van der Waals surface area contributed by atoms with Gasteiger partial charge in [-0.05, 0) is 37.6 Å². The number of amides is 1. The molecule has 1 aromatic carbocycles. The third-order valence-corrected chi connectivity index (χ3v) is 3.95. The molecular formula is C15H21NO4S. The lowest BCUT2D eigenvalue weighted by atomic mass is 10.3. The van der Waals surface area contributed by atoms with Gasteiger partial charge in [-0.15, -0.1) is 11.8 Å². The fraction of sp³-hybridized carbons (Fsp3) is 0.467. The molecule has 1 N–H and O–H groups in total. The zero-order chi connectivity index (χ0) is 15.8. The van der Waals surface area contributed by atoms with Crippen molar-refractivity contribution in [2.24, 2.45) is 0 Å². The Morgan fingerprint density at radius 2 is 1.95 bits per heavy atom. The van der Waals surface area contributed by atoms with E-state index in [9.17, 15) is 9.59 Å². The van der Waals surface area contributed by atoms with Crippen LogP contribution in [0.2, 0.25) is 0 Å². The van der Waals surface area contributed by atoms with E-state index in [1.54, 1.807) is 14.0 Å². The number of carboxylic acid groups (broad SMARTS) is 1. The SMILES string of the molecule is CCCN(CC(=O)O)C(=O)C(C)Sc1ccc(OC)cc1. The summed E-state index contributed by atoms with van der Waals surface area (Å²) < 4.78 is 5.09. The average Bonchev–Trinajstić information content (AvgIpc) is 2.46. The summed E-state index contributed by atoms with van der Waals surface area (Å²) in [6, 6.07) is 7.43. The molecule has 1 aromatic rings. The molecule has 0 saturated carbocycles. The van der Waals surface area contributed by atoms with Gasteiger partial charge in [-0.1, -0.05) is 6.92 Å². The number of rotatable bonds is 8. The first-order valence-corrected chi connectivity index (χ1v) is 7.67. The first-order valence-electron chi connectivity index (χ1n) is 6.79. The number of aliphatic carboxylic acids is 1. The summed E-state index contributed by atoms with van der Waals surface area (Å²) >= 11 is 1.41. The van der Waals surface area contributed by atoms with Crippen molar-refractivity contribution < 1.29 is 19.4 Å². The third kappa shape index (κ3) is 5.67. The van der Waals surface area contributed by atoms with Crippen LogP contribution < -0.4 is 4.74 Å². The van der Waals surface area contributed by atoms with Crippen LogP contribution in [-0.2, 0) is 9.59 Å². The summed E-state index contributed by atoms with van der Waals surface area (Å²) in [4.78, 5) is 25.5. The highest BCUT2D eigenvalue weighted by atomic mass is 32.2. The molecule has 0 fully saturated rings. The Morgan fingerprint density at radius 3 is 2.43 bits per heavy atom. The number of ether oxygens (including phenoxy) is 1. The van der Waals surface area contributed by atoms with Gasteiger partial charge < -0.3 is 14.7 Å². The van der Waals surface area contributed by atoms with E-state index in [4.69, 9.17) is 9.84 Å². The van der Waals surface area contributed by atoms with E-state index in [0.717, 1.165) is 17.1 Å². The normalized spacial score (nSPS) is 11.8. The molecule has 1 rings (SSSR count). The summed E-state index contributed by atoms with van der Waals surface area (Å²) in [5, 5.41) is 8.54. The van der Waals surface area contributed by atoms with Gasteiger partial charge in [-0.25, -0.2) is 0 Å². The van der Waals surface area contributed by atoms with Crippen molar-refractivity contribution in [1.82, 2.24) is 4.90 Å². The number of methoxy groups -OCH3 is 1. The number of carboxylic acids is 1. The molecule has 21 heavy (non-hydrogen) atoms. The van der Waals surface area contributed by atoms with E-state index in [2.05, 4.69) is 0 Å². The Balaban J connectivity index is 2.68. The number of carbonyl (C=O) groups excluding carboxylic acids is 1. The molecule has 0 aliphatic heterocycles. The zero-order valence-corrected chi connectivity index (χ0v) is 13.4. The number of carbonyl (C=O) groups is 2. The van der Waals surface area contributed by atoms with Gasteiger partial charge in [0, 0.05) is 11.4 Å². The lowest BCUT2D eigenvalue weighted by Gasteiger charge is -2.23.